The zero-order valence-electron chi connectivity index (χ0n) is 34.1. The molecule has 4 atom stereocenters. The van der Waals surface area contributed by atoms with Crippen LogP contribution in [0.15, 0.2) is 17.1 Å². The third-order valence-electron chi connectivity index (χ3n) is 11.0. The van der Waals surface area contributed by atoms with E-state index in [-0.39, 0.29) is 29.4 Å². The van der Waals surface area contributed by atoms with Gasteiger partial charge in [0.25, 0.3) is 0 Å². The first-order chi connectivity index (χ1) is 23.1. The molecule has 0 spiro atoms. The molecular formula is C35H71N3O8Si4. The van der Waals surface area contributed by atoms with E-state index in [1.165, 1.54) is 23.8 Å². The number of anilines is 1. The average molecular weight is 774 g/mol. The standard InChI is InChI=1S/C35H71N3O8Si4/c1-21(2)47(22(3)4)49(25(9)10,26(11)12)45-42-20-30-33(44-46-50(27(13)14,28(15)16)48(23(5)6)24(7)8)32(40)34(43-30)38-19-18-31(36-29(17)39)37-35(38)41/h18-19,21-28,30,32-34,40,47-48H,20H2,1-17H3,(H,36,37,39,41)/t30-,32+,33-,34?/m1/s1. The molecule has 0 bridgehead atoms. The molecule has 1 saturated heterocycles. The largest absolute Gasteiger partial charge is 0.385 e. The van der Waals surface area contributed by atoms with Crippen LogP contribution in [0.4, 0.5) is 5.82 Å². The fraction of sp³-hybridized carbons (Fsp3) is 0.857. The molecule has 290 valence electrons. The van der Waals surface area contributed by atoms with Crippen molar-refractivity contribution in [3.63, 3.8) is 0 Å². The van der Waals surface area contributed by atoms with Crippen LogP contribution in [0.2, 0.25) is 44.3 Å². The Labute approximate surface area is 307 Å². The number of hydrogen-bond acceptors (Lipinski definition) is 9. The highest BCUT2D eigenvalue weighted by Gasteiger charge is 2.57. The summed E-state index contributed by atoms with van der Waals surface area (Å²) in [5.41, 5.74) is 2.64. The van der Waals surface area contributed by atoms with E-state index in [0.29, 0.717) is 33.2 Å². The van der Waals surface area contributed by atoms with Crippen molar-refractivity contribution in [3.8, 4) is 0 Å². The predicted octanol–water partition coefficient (Wildman–Crippen LogP) is 7.51. The SMILES string of the molecule is CC(=O)Nc1ccn(C2O[C@H](COO[Si](C(C)C)(C(C)C)[SiH](C(C)C)C(C)C)[C@@H](OO[Si](C(C)C)(C(C)C)[SiH](C(C)C)C(C)C)[C@@H]2O)c(=O)n1. The quantitative estimate of drug-likeness (QED) is 0.0834. The molecule has 0 radical (unpaired) electrons. The number of rotatable bonds is 19. The highest BCUT2D eigenvalue weighted by molar-refractivity contribution is 7.32. The van der Waals surface area contributed by atoms with Crippen molar-refractivity contribution in [2.24, 2.45) is 0 Å². The Morgan fingerprint density at radius 2 is 1.28 bits per heavy atom. The van der Waals surface area contributed by atoms with E-state index in [9.17, 15) is 14.7 Å². The fourth-order valence-electron chi connectivity index (χ4n) is 9.39. The summed E-state index contributed by atoms with van der Waals surface area (Å²) in [6, 6.07) is 1.50. The van der Waals surface area contributed by atoms with Gasteiger partial charge in [-0.2, -0.15) is 4.98 Å². The van der Waals surface area contributed by atoms with Crippen molar-refractivity contribution in [1.29, 1.82) is 0 Å². The zero-order valence-corrected chi connectivity index (χ0v) is 38.5. The van der Waals surface area contributed by atoms with Gasteiger partial charge in [-0.15, -0.1) is 0 Å². The lowest BCUT2D eigenvalue weighted by atomic mass is 10.1. The summed E-state index contributed by atoms with van der Waals surface area (Å²) in [6.07, 6.45) is -2.69. The van der Waals surface area contributed by atoms with Crippen LogP contribution in [-0.2, 0) is 28.5 Å². The van der Waals surface area contributed by atoms with Gasteiger partial charge in [0.05, 0.1) is 16.6 Å². The Morgan fingerprint density at radius 1 is 0.840 bits per heavy atom. The Bertz CT molecular complexity index is 1240. The van der Waals surface area contributed by atoms with Gasteiger partial charge in [-0.3, -0.25) is 18.5 Å². The summed E-state index contributed by atoms with van der Waals surface area (Å²) in [4.78, 5) is 41.6. The number of carbonyl (C=O) groups is 1. The summed E-state index contributed by atoms with van der Waals surface area (Å²) in [6.45, 7) is 37.9. The third kappa shape index (κ3) is 9.74. The highest BCUT2D eigenvalue weighted by atomic mass is 29.2. The highest BCUT2D eigenvalue weighted by Crippen LogP contribution is 2.46. The number of amides is 1. The van der Waals surface area contributed by atoms with Crippen LogP contribution >= 0.6 is 0 Å². The summed E-state index contributed by atoms with van der Waals surface area (Å²) < 4.78 is 21.3. The van der Waals surface area contributed by atoms with Gasteiger partial charge in [0, 0.05) is 13.1 Å². The van der Waals surface area contributed by atoms with Crippen LogP contribution in [0.3, 0.4) is 0 Å². The molecule has 1 aromatic heterocycles. The zero-order chi connectivity index (χ0) is 38.5. The van der Waals surface area contributed by atoms with Crippen molar-refractivity contribution < 1.29 is 33.6 Å². The normalized spacial score (nSPS) is 20.9. The van der Waals surface area contributed by atoms with E-state index in [1.54, 1.807) is 0 Å². The average Bonchev–Trinajstić information content (AvgIpc) is 3.26. The Hall–Kier alpha value is -1.02. The molecule has 2 rings (SSSR count). The maximum absolute atomic E-state index is 13.2. The van der Waals surface area contributed by atoms with Gasteiger partial charge in [-0.05, 0) is 28.2 Å². The van der Waals surface area contributed by atoms with Gasteiger partial charge in [-0.25, -0.2) is 14.6 Å². The van der Waals surface area contributed by atoms with Gasteiger partial charge in [0.15, 0.2) is 12.3 Å². The maximum Gasteiger partial charge on any atom is 0.351 e. The van der Waals surface area contributed by atoms with Crippen LogP contribution in [-0.4, -0.2) is 77.8 Å². The van der Waals surface area contributed by atoms with Gasteiger partial charge in [0.2, 0.25) is 21.6 Å². The first-order valence-electron chi connectivity index (χ1n) is 18.9. The second kappa shape index (κ2) is 18.8. The van der Waals surface area contributed by atoms with Crippen molar-refractivity contribution in [2.45, 2.75) is 187 Å². The smallest absolute Gasteiger partial charge is 0.351 e. The lowest BCUT2D eigenvalue weighted by Gasteiger charge is -2.46. The van der Waals surface area contributed by atoms with Gasteiger partial charge in [0.1, 0.15) is 24.6 Å². The molecular weight excluding hydrogens is 703 g/mol. The molecule has 15 heteroatoms. The monoisotopic (exact) mass is 773 g/mol. The van der Waals surface area contributed by atoms with Crippen LogP contribution in [0.1, 0.15) is 124 Å². The molecule has 1 unspecified atom stereocenters. The number of nitrogens with zero attached hydrogens (tertiary/aromatic N) is 2. The minimum atomic E-state index is -2.53. The molecule has 2 heterocycles. The molecule has 0 aromatic carbocycles. The second-order valence-corrected chi connectivity index (χ2v) is 42.3. The minimum absolute atomic E-state index is 0.00757. The minimum Gasteiger partial charge on any atom is -0.385 e. The van der Waals surface area contributed by atoms with E-state index in [4.69, 9.17) is 23.7 Å². The topological polar surface area (TPSA) is 130 Å². The molecule has 0 saturated carbocycles. The number of nitrogens with one attached hydrogen (secondary N) is 1. The van der Waals surface area contributed by atoms with Gasteiger partial charge >= 0.3 is 5.69 Å². The Morgan fingerprint density at radius 3 is 1.66 bits per heavy atom. The van der Waals surface area contributed by atoms with Crippen molar-refractivity contribution in [2.75, 3.05) is 11.9 Å². The van der Waals surface area contributed by atoms with E-state index >= 15 is 0 Å². The number of ether oxygens (including phenoxy) is 1. The van der Waals surface area contributed by atoms with Crippen LogP contribution < -0.4 is 11.0 Å². The lowest BCUT2D eigenvalue weighted by Crippen LogP contribution is -2.62. The molecule has 2 N–H and O–H groups in total. The van der Waals surface area contributed by atoms with Crippen LogP contribution in [0.25, 0.3) is 0 Å². The summed E-state index contributed by atoms with van der Waals surface area (Å²) in [5, 5.41) is 14.4. The molecule has 1 fully saturated rings. The predicted molar refractivity (Wildman–Crippen MR) is 212 cm³/mol. The molecule has 1 aliphatic heterocycles. The van der Waals surface area contributed by atoms with Crippen molar-refractivity contribution >= 4 is 44.0 Å². The molecule has 1 aromatic rings. The van der Waals surface area contributed by atoms with E-state index in [1.807, 2.05) is 0 Å². The van der Waals surface area contributed by atoms with Crippen LogP contribution in [0, 0.1) is 0 Å². The molecule has 50 heavy (non-hydrogen) atoms. The fourth-order valence-corrected chi connectivity index (χ4v) is 46.7. The van der Waals surface area contributed by atoms with Crippen LogP contribution in [0.5, 0.6) is 0 Å². The Kier molecular flexibility index (Phi) is 17.0. The molecule has 11 nitrogen and oxygen atoms in total. The second-order valence-electron chi connectivity index (χ2n) is 17.1. The Balaban J connectivity index is 2.58. The van der Waals surface area contributed by atoms with E-state index in [2.05, 4.69) is 121 Å². The number of carbonyl (C=O) groups excluding carboxylic acids is 1. The van der Waals surface area contributed by atoms with E-state index < -0.39 is 62.5 Å². The van der Waals surface area contributed by atoms with Gasteiger partial charge < -0.3 is 15.2 Å². The maximum atomic E-state index is 13.2. The third-order valence-corrected chi connectivity index (χ3v) is 49.7. The van der Waals surface area contributed by atoms with E-state index in [0.717, 1.165) is 0 Å². The van der Waals surface area contributed by atoms with Crippen molar-refractivity contribution in [1.82, 2.24) is 9.55 Å². The van der Waals surface area contributed by atoms with Gasteiger partial charge in [-0.1, -0.05) is 133 Å². The summed E-state index contributed by atoms with van der Waals surface area (Å²) >= 11 is 0. The molecule has 1 aliphatic rings. The number of aliphatic hydroxyl groups excluding tert-OH is 1. The molecule has 1 amide bonds. The first kappa shape index (κ1) is 45.1. The first-order valence-corrected chi connectivity index (χ1v) is 29.3. The molecule has 0 aliphatic carbocycles. The number of aromatic nitrogens is 2. The number of aliphatic hydroxyl groups is 1. The summed E-state index contributed by atoms with van der Waals surface area (Å²) in [7, 11) is -7.90. The number of hydrogen-bond donors (Lipinski definition) is 2. The lowest BCUT2D eigenvalue weighted by molar-refractivity contribution is -0.296. The van der Waals surface area contributed by atoms with Crippen molar-refractivity contribution in [3.05, 3.63) is 22.7 Å². The summed E-state index contributed by atoms with van der Waals surface area (Å²) in [5.74, 6) is -0.221.